The second-order valence-electron chi connectivity index (χ2n) is 5.80. The van der Waals surface area contributed by atoms with Crippen molar-refractivity contribution in [3.63, 3.8) is 0 Å². The lowest BCUT2D eigenvalue weighted by molar-refractivity contribution is -0.123. The zero-order chi connectivity index (χ0) is 15.2. The van der Waals surface area contributed by atoms with Crippen molar-refractivity contribution in [2.45, 2.75) is 12.8 Å². The first-order valence-corrected chi connectivity index (χ1v) is 7.90. The lowest BCUT2D eigenvalue weighted by atomic mass is 10.1. The average Bonchev–Trinajstić information content (AvgIpc) is 3.06. The van der Waals surface area contributed by atoms with E-state index in [4.69, 9.17) is 4.74 Å². The summed E-state index contributed by atoms with van der Waals surface area (Å²) in [7, 11) is 0. The van der Waals surface area contributed by atoms with E-state index in [0.717, 1.165) is 37.2 Å². The fraction of sp³-hybridized carbons (Fsp3) is 0.389. The van der Waals surface area contributed by atoms with Crippen molar-refractivity contribution in [2.24, 2.45) is 5.92 Å². The molecule has 1 aliphatic heterocycles. The molecule has 2 aromatic rings. The first-order chi connectivity index (χ1) is 10.8. The predicted octanol–water partition coefficient (Wildman–Crippen LogP) is 2.33. The summed E-state index contributed by atoms with van der Waals surface area (Å²) in [6, 6.07) is 14.0. The number of ether oxygens (including phenoxy) is 1. The minimum absolute atomic E-state index is 0.0564. The summed E-state index contributed by atoms with van der Waals surface area (Å²) in [4.78, 5) is 11.8. The van der Waals surface area contributed by atoms with Gasteiger partial charge >= 0.3 is 0 Å². The third kappa shape index (κ3) is 3.98. The van der Waals surface area contributed by atoms with E-state index in [9.17, 15) is 4.79 Å². The van der Waals surface area contributed by atoms with Crippen LogP contribution in [0.2, 0.25) is 0 Å². The Kier molecular flexibility index (Phi) is 4.91. The van der Waals surface area contributed by atoms with Crippen LogP contribution < -0.4 is 15.4 Å². The topological polar surface area (TPSA) is 50.4 Å². The van der Waals surface area contributed by atoms with Gasteiger partial charge in [0.15, 0.2) is 6.61 Å². The zero-order valence-electron chi connectivity index (χ0n) is 12.7. The van der Waals surface area contributed by atoms with Crippen LogP contribution in [-0.2, 0) is 4.79 Å². The Morgan fingerprint density at radius 1 is 1.23 bits per heavy atom. The number of nitrogens with one attached hydrogen (secondary N) is 2. The summed E-state index contributed by atoms with van der Waals surface area (Å²) in [5.74, 6) is 1.37. The van der Waals surface area contributed by atoms with E-state index >= 15 is 0 Å². The third-order valence-electron chi connectivity index (χ3n) is 4.13. The molecular formula is C18H22N2O2. The molecule has 4 nitrogen and oxygen atoms in total. The molecule has 1 saturated heterocycles. The minimum Gasteiger partial charge on any atom is -0.484 e. The van der Waals surface area contributed by atoms with Gasteiger partial charge in [-0.25, -0.2) is 0 Å². The van der Waals surface area contributed by atoms with Crippen molar-refractivity contribution in [1.82, 2.24) is 10.6 Å². The van der Waals surface area contributed by atoms with Gasteiger partial charge in [0.1, 0.15) is 5.75 Å². The maximum atomic E-state index is 11.8. The Morgan fingerprint density at radius 3 is 2.91 bits per heavy atom. The maximum absolute atomic E-state index is 11.8. The molecule has 116 valence electrons. The van der Waals surface area contributed by atoms with Crippen molar-refractivity contribution >= 4 is 16.7 Å². The molecule has 0 spiro atoms. The molecule has 4 heteroatoms. The summed E-state index contributed by atoms with van der Waals surface area (Å²) < 4.78 is 5.57. The third-order valence-corrected chi connectivity index (χ3v) is 4.13. The first-order valence-electron chi connectivity index (χ1n) is 7.90. The number of amides is 1. The van der Waals surface area contributed by atoms with Gasteiger partial charge in [-0.3, -0.25) is 4.79 Å². The number of hydrogen-bond acceptors (Lipinski definition) is 3. The van der Waals surface area contributed by atoms with E-state index in [1.807, 2.05) is 36.4 Å². The summed E-state index contributed by atoms with van der Waals surface area (Å²) in [5.41, 5.74) is 0. The summed E-state index contributed by atoms with van der Waals surface area (Å²) in [5, 5.41) is 8.55. The van der Waals surface area contributed by atoms with Gasteiger partial charge in [-0.05, 0) is 54.8 Å². The molecule has 0 radical (unpaired) electrons. The highest BCUT2D eigenvalue weighted by Crippen LogP contribution is 2.20. The van der Waals surface area contributed by atoms with Crippen LogP contribution in [0.25, 0.3) is 10.8 Å². The average molecular weight is 298 g/mol. The molecule has 0 saturated carbocycles. The summed E-state index contributed by atoms with van der Waals surface area (Å²) >= 11 is 0. The molecule has 2 N–H and O–H groups in total. The molecule has 1 heterocycles. The van der Waals surface area contributed by atoms with Crippen LogP contribution >= 0.6 is 0 Å². The molecular weight excluding hydrogens is 276 g/mol. The molecule has 1 atom stereocenters. The number of hydrogen-bond donors (Lipinski definition) is 2. The van der Waals surface area contributed by atoms with Crippen molar-refractivity contribution < 1.29 is 9.53 Å². The van der Waals surface area contributed by atoms with E-state index in [0.29, 0.717) is 5.92 Å². The molecule has 3 rings (SSSR count). The number of rotatable bonds is 6. The van der Waals surface area contributed by atoms with Crippen LogP contribution in [-0.4, -0.2) is 32.1 Å². The maximum Gasteiger partial charge on any atom is 0.257 e. The number of fused-ring (bicyclic) bond motifs is 1. The Labute approximate surface area is 130 Å². The van der Waals surface area contributed by atoms with Gasteiger partial charge in [-0.15, -0.1) is 0 Å². The Balaban J connectivity index is 1.43. The first kappa shape index (κ1) is 14.9. The second kappa shape index (κ2) is 7.27. The SMILES string of the molecule is O=C(COc1ccc2ccccc2c1)NCCC1CCNC1. The summed E-state index contributed by atoms with van der Waals surface area (Å²) in [6.07, 6.45) is 2.25. The van der Waals surface area contributed by atoms with Crippen LogP contribution in [0, 0.1) is 5.92 Å². The standard InChI is InChI=1S/C18H22N2O2/c21-18(20-10-8-14-7-9-19-12-14)13-22-17-6-5-15-3-1-2-4-16(15)11-17/h1-6,11,14,19H,7-10,12-13H2,(H,20,21). The van der Waals surface area contributed by atoms with E-state index in [1.54, 1.807) is 0 Å². The fourth-order valence-corrected chi connectivity index (χ4v) is 2.83. The Morgan fingerprint density at radius 2 is 2.09 bits per heavy atom. The molecule has 1 amide bonds. The van der Waals surface area contributed by atoms with Crippen molar-refractivity contribution in [1.29, 1.82) is 0 Å². The Hall–Kier alpha value is -2.07. The quantitative estimate of drug-likeness (QED) is 0.860. The van der Waals surface area contributed by atoms with Gasteiger partial charge in [0.25, 0.3) is 5.91 Å². The highest BCUT2D eigenvalue weighted by Gasteiger charge is 2.14. The molecule has 2 aromatic carbocycles. The van der Waals surface area contributed by atoms with Crippen LogP contribution in [0.3, 0.4) is 0 Å². The van der Waals surface area contributed by atoms with E-state index in [-0.39, 0.29) is 12.5 Å². The highest BCUT2D eigenvalue weighted by atomic mass is 16.5. The number of carbonyl (C=O) groups is 1. The zero-order valence-corrected chi connectivity index (χ0v) is 12.7. The van der Waals surface area contributed by atoms with Gasteiger partial charge in [-0.1, -0.05) is 30.3 Å². The van der Waals surface area contributed by atoms with Crippen molar-refractivity contribution in [3.05, 3.63) is 42.5 Å². The van der Waals surface area contributed by atoms with Crippen LogP contribution in [0.4, 0.5) is 0 Å². The van der Waals surface area contributed by atoms with Gasteiger partial charge in [0.05, 0.1) is 0 Å². The largest absolute Gasteiger partial charge is 0.484 e. The lowest BCUT2D eigenvalue weighted by Crippen LogP contribution is -2.30. The van der Waals surface area contributed by atoms with Crippen molar-refractivity contribution in [3.8, 4) is 5.75 Å². The van der Waals surface area contributed by atoms with E-state index < -0.39 is 0 Å². The van der Waals surface area contributed by atoms with Crippen LogP contribution in [0.1, 0.15) is 12.8 Å². The monoisotopic (exact) mass is 298 g/mol. The summed E-state index contributed by atoms with van der Waals surface area (Å²) in [6.45, 7) is 2.97. The smallest absolute Gasteiger partial charge is 0.257 e. The molecule has 1 fully saturated rings. The normalized spacial score (nSPS) is 17.5. The van der Waals surface area contributed by atoms with Gasteiger partial charge in [-0.2, -0.15) is 0 Å². The van der Waals surface area contributed by atoms with Crippen molar-refractivity contribution in [2.75, 3.05) is 26.2 Å². The number of carbonyl (C=O) groups excluding carboxylic acids is 1. The molecule has 0 bridgehead atoms. The molecule has 1 unspecified atom stereocenters. The highest BCUT2D eigenvalue weighted by molar-refractivity contribution is 5.84. The molecule has 0 aliphatic carbocycles. The second-order valence-corrected chi connectivity index (χ2v) is 5.80. The van der Waals surface area contributed by atoms with E-state index in [2.05, 4.69) is 16.7 Å². The predicted molar refractivity (Wildman–Crippen MR) is 88.0 cm³/mol. The Bertz CT molecular complexity index is 636. The van der Waals surface area contributed by atoms with Gasteiger partial charge < -0.3 is 15.4 Å². The molecule has 22 heavy (non-hydrogen) atoms. The molecule has 1 aliphatic rings. The van der Waals surface area contributed by atoms with Gasteiger partial charge in [0, 0.05) is 6.54 Å². The lowest BCUT2D eigenvalue weighted by Gasteiger charge is -2.10. The fourth-order valence-electron chi connectivity index (χ4n) is 2.83. The van der Waals surface area contributed by atoms with Crippen LogP contribution in [0.5, 0.6) is 5.75 Å². The molecule has 0 aromatic heterocycles. The number of benzene rings is 2. The minimum atomic E-state index is -0.0564. The van der Waals surface area contributed by atoms with E-state index in [1.165, 1.54) is 11.8 Å². The van der Waals surface area contributed by atoms with Crippen LogP contribution in [0.15, 0.2) is 42.5 Å². The van der Waals surface area contributed by atoms with Gasteiger partial charge in [0.2, 0.25) is 0 Å².